The fourth-order valence-electron chi connectivity index (χ4n) is 2.53. The summed E-state index contributed by atoms with van der Waals surface area (Å²) in [5.74, 6) is 1.05. The van der Waals surface area contributed by atoms with Gasteiger partial charge in [0.1, 0.15) is 5.82 Å². The first kappa shape index (κ1) is 17.2. The number of pyridine rings is 1. The van der Waals surface area contributed by atoms with E-state index in [-0.39, 0.29) is 0 Å². The zero-order chi connectivity index (χ0) is 16.5. The molecule has 1 aromatic heterocycles. The van der Waals surface area contributed by atoms with Gasteiger partial charge in [0.05, 0.1) is 0 Å². The smallest absolute Gasteiger partial charge is 0.170 e. The van der Waals surface area contributed by atoms with Crippen LogP contribution in [0.25, 0.3) is 0 Å². The maximum absolute atomic E-state index is 5.40. The van der Waals surface area contributed by atoms with Crippen molar-refractivity contribution in [2.24, 2.45) is 0 Å². The van der Waals surface area contributed by atoms with Gasteiger partial charge in [-0.1, -0.05) is 30.9 Å². The minimum absolute atomic E-state index is 0.399. The summed E-state index contributed by atoms with van der Waals surface area (Å²) in [7, 11) is 0. The molecule has 2 heterocycles. The molecule has 1 saturated heterocycles. The lowest BCUT2D eigenvalue weighted by Gasteiger charge is -2.33. The fraction of sp³-hybridized carbons (Fsp3) is 0.333. The van der Waals surface area contributed by atoms with Gasteiger partial charge in [-0.2, -0.15) is 0 Å². The molecular weight excluding hydrogens is 304 g/mol. The number of nitrogens with one attached hydrogen (secondary N) is 2. The van der Waals surface area contributed by atoms with Crippen LogP contribution >= 0.6 is 12.2 Å². The van der Waals surface area contributed by atoms with E-state index in [4.69, 9.17) is 12.2 Å². The number of anilines is 1. The molecule has 1 aliphatic rings. The van der Waals surface area contributed by atoms with Crippen LogP contribution in [0.3, 0.4) is 0 Å². The van der Waals surface area contributed by atoms with Crippen molar-refractivity contribution >= 4 is 23.1 Å². The molecule has 0 bridgehead atoms. The van der Waals surface area contributed by atoms with E-state index in [0.29, 0.717) is 11.2 Å². The first-order chi connectivity index (χ1) is 11.2. The van der Waals surface area contributed by atoms with Gasteiger partial charge in [0.25, 0.3) is 0 Å². The van der Waals surface area contributed by atoms with Crippen LogP contribution in [-0.2, 0) is 0 Å². The Labute approximate surface area is 144 Å². The molecule has 1 aromatic rings. The van der Waals surface area contributed by atoms with E-state index in [1.807, 2.05) is 43.5 Å². The predicted octanol–water partition coefficient (Wildman–Crippen LogP) is 3.16. The average Bonchev–Trinajstić information content (AvgIpc) is 2.60. The number of piperidine rings is 1. The van der Waals surface area contributed by atoms with Gasteiger partial charge in [0.15, 0.2) is 5.11 Å². The molecule has 5 heteroatoms. The number of nitrogens with zero attached hydrogens (tertiary/aromatic N) is 2. The molecular formula is C18H24N4S. The van der Waals surface area contributed by atoms with E-state index >= 15 is 0 Å². The highest BCUT2D eigenvalue weighted by atomic mass is 32.1. The molecule has 4 nitrogen and oxygen atoms in total. The number of thiocarbonyl (C=S) groups is 1. The Balaban J connectivity index is 1.78. The largest absolute Gasteiger partial charge is 0.360 e. The van der Waals surface area contributed by atoms with Crippen LogP contribution in [0, 0.1) is 0 Å². The highest BCUT2D eigenvalue weighted by Gasteiger charge is 2.20. The third-order valence-electron chi connectivity index (χ3n) is 3.78. The second-order valence-electron chi connectivity index (χ2n) is 5.39. The standard InChI is InChI=1S/C18H24N4S/c1-3-5-8-15(4-2)20-18(23)21-16-10-13-22(14-11-16)17-9-6-7-12-19-17/h3-9,12,16H,1,10-11,13-14H2,2H3,(H2,20,21,23)/b8-5-,15-4+. The van der Waals surface area contributed by atoms with Crippen molar-refractivity contribution < 1.29 is 0 Å². The van der Waals surface area contributed by atoms with Crippen molar-refractivity contribution in [1.29, 1.82) is 0 Å². The van der Waals surface area contributed by atoms with Gasteiger partial charge < -0.3 is 15.5 Å². The summed E-state index contributed by atoms with van der Waals surface area (Å²) in [5, 5.41) is 7.29. The summed E-state index contributed by atoms with van der Waals surface area (Å²) < 4.78 is 0. The summed E-state index contributed by atoms with van der Waals surface area (Å²) >= 11 is 5.40. The quantitative estimate of drug-likeness (QED) is 0.642. The Morgan fingerprint density at radius 3 is 2.78 bits per heavy atom. The minimum Gasteiger partial charge on any atom is -0.360 e. The lowest BCUT2D eigenvalue weighted by molar-refractivity contribution is 0.463. The lowest BCUT2D eigenvalue weighted by atomic mass is 10.1. The van der Waals surface area contributed by atoms with Gasteiger partial charge in [-0.05, 0) is 50.2 Å². The van der Waals surface area contributed by atoms with E-state index in [2.05, 4.69) is 33.2 Å². The fourth-order valence-corrected chi connectivity index (χ4v) is 2.81. The second kappa shape index (κ2) is 9.10. The molecule has 2 N–H and O–H groups in total. The van der Waals surface area contributed by atoms with Crippen LogP contribution in [-0.4, -0.2) is 29.2 Å². The van der Waals surface area contributed by atoms with Crippen LogP contribution in [0.4, 0.5) is 5.82 Å². The SMILES string of the molecule is C=C/C=C\C(=C/C)NC(=S)NC1CCN(c2ccccn2)CC1. The molecule has 0 amide bonds. The van der Waals surface area contributed by atoms with Gasteiger partial charge in [-0.3, -0.25) is 0 Å². The van der Waals surface area contributed by atoms with E-state index in [1.54, 1.807) is 6.08 Å². The van der Waals surface area contributed by atoms with Gasteiger partial charge in [0, 0.05) is 31.0 Å². The highest BCUT2D eigenvalue weighted by Crippen LogP contribution is 2.17. The van der Waals surface area contributed by atoms with Crippen LogP contribution in [0.15, 0.2) is 61.0 Å². The lowest BCUT2D eigenvalue weighted by Crippen LogP contribution is -2.47. The van der Waals surface area contributed by atoms with Gasteiger partial charge in [-0.15, -0.1) is 0 Å². The number of allylic oxidation sites excluding steroid dienone is 4. The normalized spacial score (nSPS) is 16.4. The second-order valence-corrected chi connectivity index (χ2v) is 5.79. The summed E-state index contributed by atoms with van der Waals surface area (Å²) in [6.07, 6.45) is 11.5. The van der Waals surface area contributed by atoms with Crippen molar-refractivity contribution in [2.45, 2.75) is 25.8 Å². The van der Waals surface area contributed by atoms with Gasteiger partial charge in [0.2, 0.25) is 0 Å². The van der Waals surface area contributed by atoms with E-state index in [0.717, 1.165) is 37.4 Å². The molecule has 2 rings (SSSR count). The molecule has 0 radical (unpaired) electrons. The monoisotopic (exact) mass is 328 g/mol. The van der Waals surface area contributed by atoms with Crippen molar-refractivity contribution in [3.05, 3.63) is 61.0 Å². The maximum Gasteiger partial charge on any atom is 0.170 e. The number of hydrogen-bond donors (Lipinski definition) is 2. The van der Waals surface area contributed by atoms with Crippen LogP contribution < -0.4 is 15.5 Å². The molecule has 0 unspecified atom stereocenters. The highest BCUT2D eigenvalue weighted by molar-refractivity contribution is 7.80. The molecule has 0 aromatic carbocycles. The Morgan fingerprint density at radius 2 is 2.17 bits per heavy atom. The zero-order valence-corrected chi connectivity index (χ0v) is 14.4. The van der Waals surface area contributed by atoms with Crippen molar-refractivity contribution in [2.75, 3.05) is 18.0 Å². The number of hydrogen-bond acceptors (Lipinski definition) is 3. The molecule has 0 atom stereocenters. The predicted molar refractivity (Wildman–Crippen MR) is 101 cm³/mol. The molecule has 122 valence electrons. The third-order valence-corrected chi connectivity index (χ3v) is 4.00. The average molecular weight is 328 g/mol. The summed E-state index contributed by atoms with van der Waals surface area (Å²) in [6, 6.07) is 6.43. The Bertz CT molecular complexity index is 572. The molecule has 1 fully saturated rings. The Hall–Kier alpha value is -2.14. The van der Waals surface area contributed by atoms with Crippen molar-refractivity contribution in [3.8, 4) is 0 Å². The molecule has 0 spiro atoms. The van der Waals surface area contributed by atoms with Crippen LogP contribution in [0.1, 0.15) is 19.8 Å². The van der Waals surface area contributed by atoms with Crippen molar-refractivity contribution in [1.82, 2.24) is 15.6 Å². The maximum atomic E-state index is 5.40. The van der Waals surface area contributed by atoms with Gasteiger partial charge in [-0.25, -0.2) is 4.98 Å². The first-order valence-corrected chi connectivity index (χ1v) is 8.32. The van der Waals surface area contributed by atoms with E-state index < -0.39 is 0 Å². The summed E-state index contributed by atoms with van der Waals surface area (Å²) in [6.45, 7) is 7.63. The van der Waals surface area contributed by atoms with Crippen LogP contribution in [0.2, 0.25) is 0 Å². The number of aromatic nitrogens is 1. The third kappa shape index (κ3) is 5.53. The topological polar surface area (TPSA) is 40.2 Å². The zero-order valence-electron chi connectivity index (χ0n) is 13.5. The Kier molecular flexibility index (Phi) is 6.81. The molecule has 1 aliphatic heterocycles. The number of rotatable bonds is 5. The summed E-state index contributed by atoms with van der Waals surface area (Å²) in [4.78, 5) is 6.73. The summed E-state index contributed by atoms with van der Waals surface area (Å²) in [5.41, 5.74) is 0.966. The molecule has 23 heavy (non-hydrogen) atoms. The van der Waals surface area contributed by atoms with Gasteiger partial charge >= 0.3 is 0 Å². The van der Waals surface area contributed by atoms with Crippen molar-refractivity contribution in [3.63, 3.8) is 0 Å². The molecule has 0 aliphatic carbocycles. The van der Waals surface area contributed by atoms with Crippen LogP contribution in [0.5, 0.6) is 0 Å². The minimum atomic E-state index is 0.399. The first-order valence-electron chi connectivity index (χ1n) is 7.92. The van der Waals surface area contributed by atoms with E-state index in [1.165, 1.54) is 0 Å². The Morgan fingerprint density at radius 1 is 1.39 bits per heavy atom. The molecule has 0 saturated carbocycles. The van der Waals surface area contributed by atoms with E-state index in [9.17, 15) is 0 Å².